The lowest BCUT2D eigenvalue weighted by atomic mass is 9.77. The van der Waals surface area contributed by atoms with Gasteiger partial charge in [0, 0.05) is 17.3 Å². The first-order chi connectivity index (χ1) is 16.0. The van der Waals surface area contributed by atoms with E-state index < -0.39 is 17.6 Å². The Hall–Kier alpha value is -3.19. The SMILES string of the molecule is Cc1ccc(N2CN3O[C@H]4C(=O)N(c5ccc(Cl)cc5)C(=O)[C@H]4[C@@]3(c3ccccc3)C2)cc1. The Morgan fingerprint density at radius 1 is 0.879 bits per heavy atom. The summed E-state index contributed by atoms with van der Waals surface area (Å²) < 4.78 is 0. The van der Waals surface area contributed by atoms with Gasteiger partial charge in [-0.05, 0) is 48.9 Å². The smallest absolute Gasteiger partial charge is 0.265 e. The maximum Gasteiger partial charge on any atom is 0.265 e. The summed E-state index contributed by atoms with van der Waals surface area (Å²) in [5.41, 5.74) is 2.94. The maximum atomic E-state index is 13.8. The summed E-state index contributed by atoms with van der Waals surface area (Å²) >= 11 is 6.02. The fraction of sp³-hybridized carbons (Fsp3) is 0.231. The number of benzene rings is 3. The molecule has 3 heterocycles. The predicted octanol–water partition coefficient (Wildman–Crippen LogP) is 4.13. The van der Waals surface area contributed by atoms with Gasteiger partial charge in [0.1, 0.15) is 11.5 Å². The molecule has 0 unspecified atom stereocenters. The van der Waals surface area contributed by atoms with Gasteiger partial charge >= 0.3 is 0 Å². The molecular weight excluding hydrogens is 438 g/mol. The van der Waals surface area contributed by atoms with Gasteiger partial charge in [-0.3, -0.25) is 14.4 Å². The average Bonchev–Trinajstić information content (AvgIpc) is 3.43. The third-order valence-electron chi connectivity index (χ3n) is 6.94. The number of aryl methyl sites for hydroxylation is 1. The number of imide groups is 1. The second-order valence-corrected chi connectivity index (χ2v) is 9.27. The second kappa shape index (κ2) is 7.42. The number of fused-ring (bicyclic) bond motifs is 3. The molecular formula is C26H22ClN3O3. The fourth-order valence-electron chi connectivity index (χ4n) is 5.34. The van der Waals surface area contributed by atoms with Gasteiger partial charge in [-0.25, -0.2) is 4.90 Å². The van der Waals surface area contributed by atoms with E-state index in [2.05, 4.69) is 36.1 Å². The van der Waals surface area contributed by atoms with Gasteiger partial charge in [0.05, 0.1) is 12.4 Å². The molecule has 3 aliphatic heterocycles. The molecule has 0 N–H and O–H groups in total. The monoisotopic (exact) mass is 459 g/mol. The number of hydroxylamine groups is 2. The molecule has 3 aromatic rings. The van der Waals surface area contributed by atoms with E-state index in [-0.39, 0.29) is 11.8 Å². The van der Waals surface area contributed by atoms with Gasteiger partial charge < -0.3 is 4.90 Å². The molecule has 6 rings (SSSR count). The molecule has 0 aliphatic carbocycles. The number of hydrogen-bond donors (Lipinski definition) is 0. The van der Waals surface area contributed by atoms with Crippen molar-refractivity contribution in [3.63, 3.8) is 0 Å². The van der Waals surface area contributed by atoms with Crippen LogP contribution in [-0.4, -0.2) is 36.2 Å². The van der Waals surface area contributed by atoms with Crippen molar-refractivity contribution in [3.05, 3.63) is 95.0 Å². The highest BCUT2D eigenvalue weighted by Crippen LogP contribution is 2.53. The van der Waals surface area contributed by atoms with Gasteiger partial charge in [-0.2, -0.15) is 5.06 Å². The summed E-state index contributed by atoms with van der Waals surface area (Å²) in [7, 11) is 0. The Morgan fingerprint density at radius 3 is 2.24 bits per heavy atom. The van der Waals surface area contributed by atoms with Crippen molar-refractivity contribution < 1.29 is 14.4 Å². The Balaban J connectivity index is 1.44. The lowest BCUT2D eigenvalue weighted by Crippen LogP contribution is -2.47. The molecule has 166 valence electrons. The minimum Gasteiger partial charge on any atom is -0.354 e. The van der Waals surface area contributed by atoms with Crippen molar-refractivity contribution in [1.82, 2.24) is 5.06 Å². The Bertz CT molecular complexity index is 1230. The number of amides is 2. The molecule has 3 atom stereocenters. The van der Waals surface area contributed by atoms with Crippen LogP contribution in [0.1, 0.15) is 11.1 Å². The van der Waals surface area contributed by atoms with E-state index in [0.29, 0.717) is 23.9 Å². The summed E-state index contributed by atoms with van der Waals surface area (Å²) in [6.07, 6.45) is -0.853. The number of carbonyl (C=O) groups excluding carboxylic acids is 2. The van der Waals surface area contributed by atoms with Crippen LogP contribution in [0.25, 0.3) is 0 Å². The molecule has 2 amide bonds. The van der Waals surface area contributed by atoms with Crippen molar-refractivity contribution >= 4 is 34.8 Å². The lowest BCUT2D eigenvalue weighted by Gasteiger charge is -2.33. The zero-order valence-electron chi connectivity index (χ0n) is 18.0. The van der Waals surface area contributed by atoms with Crippen LogP contribution in [0.3, 0.4) is 0 Å². The van der Waals surface area contributed by atoms with E-state index in [0.717, 1.165) is 11.3 Å². The summed E-state index contributed by atoms with van der Waals surface area (Å²) in [4.78, 5) is 36.9. The van der Waals surface area contributed by atoms with Crippen molar-refractivity contribution in [2.75, 3.05) is 23.0 Å². The largest absolute Gasteiger partial charge is 0.354 e. The van der Waals surface area contributed by atoms with E-state index in [9.17, 15) is 9.59 Å². The Morgan fingerprint density at radius 2 is 1.55 bits per heavy atom. The van der Waals surface area contributed by atoms with E-state index in [1.54, 1.807) is 24.3 Å². The maximum absolute atomic E-state index is 13.8. The van der Waals surface area contributed by atoms with Crippen molar-refractivity contribution in [3.8, 4) is 0 Å². The molecule has 0 aromatic heterocycles. The standard InChI is InChI=1S/C26H22ClN3O3/c1-17-7-11-20(12-8-17)28-15-26(18-5-3-2-4-6-18)22-23(33-29(26)16-28)25(32)30(24(22)31)21-13-9-19(27)10-14-21/h2-14,22-23H,15-16H2,1H3/t22-,23+,26-/m0/s1. The first kappa shape index (κ1) is 20.4. The van der Waals surface area contributed by atoms with Crippen molar-refractivity contribution in [2.45, 2.75) is 18.6 Å². The molecule has 6 nitrogen and oxygen atoms in total. The van der Waals surface area contributed by atoms with Gasteiger partial charge in [0.2, 0.25) is 5.91 Å². The number of nitrogens with zero attached hydrogens (tertiary/aromatic N) is 3. The van der Waals surface area contributed by atoms with E-state index in [4.69, 9.17) is 16.4 Å². The van der Waals surface area contributed by atoms with Gasteiger partial charge in [-0.1, -0.05) is 59.6 Å². The van der Waals surface area contributed by atoms with Gasteiger partial charge in [0.15, 0.2) is 6.10 Å². The number of carbonyl (C=O) groups is 2. The third kappa shape index (κ3) is 2.95. The number of anilines is 2. The molecule has 33 heavy (non-hydrogen) atoms. The first-order valence-electron chi connectivity index (χ1n) is 10.9. The van der Waals surface area contributed by atoms with Crippen molar-refractivity contribution in [1.29, 1.82) is 0 Å². The molecule has 3 saturated heterocycles. The van der Waals surface area contributed by atoms with Crippen LogP contribution in [-0.2, 0) is 20.0 Å². The zero-order valence-corrected chi connectivity index (χ0v) is 18.8. The topological polar surface area (TPSA) is 53.1 Å². The average molecular weight is 460 g/mol. The van der Waals surface area contributed by atoms with E-state index >= 15 is 0 Å². The summed E-state index contributed by atoms with van der Waals surface area (Å²) in [6, 6.07) is 25.0. The van der Waals surface area contributed by atoms with Crippen LogP contribution in [0, 0.1) is 12.8 Å². The van der Waals surface area contributed by atoms with Gasteiger partial charge in [-0.15, -0.1) is 0 Å². The predicted molar refractivity (Wildman–Crippen MR) is 126 cm³/mol. The Labute approximate surface area is 196 Å². The molecule has 7 heteroatoms. The quantitative estimate of drug-likeness (QED) is 0.551. The highest BCUT2D eigenvalue weighted by molar-refractivity contribution is 6.31. The number of rotatable bonds is 3. The minimum absolute atomic E-state index is 0.246. The van der Waals surface area contributed by atoms with Crippen LogP contribution < -0.4 is 9.80 Å². The van der Waals surface area contributed by atoms with Gasteiger partial charge in [0.25, 0.3) is 5.91 Å². The first-order valence-corrected chi connectivity index (χ1v) is 11.3. The minimum atomic E-state index is -0.853. The summed E-state index contributed by atoms with van der Waals surface area (Å²) in [6.45, 7) is 3.06. The third-order valence-corrected chi connectivity index (χ3v) is 7.19. The number of halogens is 1. The molecule has 3 fully saturated rings. The molecule has 0 spiro atoms. The molecule has 3 aliphatic rings. The summed E-state index contributed by atoms with van der Waals surface area (Å²) in [5, 5.41) is 2.39. The highest BCUT2D eigenvalue weighted by Gasteiger charge is 2.70. The van der Waals surface area contributed by atoms with Crippen LogP contribution >= 0.6 is 11.6 Å². The highest BCUT2D eigenvalue weighted by atomic mass is 35.5. The number of hydrogen-bond acceptors (Lipinski definition) is 5. The van der Waals surface area contributed by atoms with Crippen LogP contribution in [0.2, 0.25) is 5.02 Å². The zero-order chi connectivity index (χ0) is 22.7. The van der Waals surface area contributed by atoms with Crippen LogP contribution in [0.5, 0.6) is 0 Å². The lowest BCUT2D eigenvalue weighted by molar-refractivity contribution is -0.177. The molecule has 0 saturated carbocycles. The van der Waals surface area contributed by atoms with Crippen LogP contribution in [0.4, 0.5) is 11.4 Å². The fourth-order valence-corrected chi connectivity index (χ4v) is 5.47. The summed E-state index contributed by atoms with van der Waals surface area (Å²) in [5.74, 6) is -1.23. The molecule has 3 aromatic carbocycles. The van der Waals surface area contributed by atoms with E-state index in [1.165, 1.54) is 10.5 Å². The normalized spacial score (nSPS) is 26.7. The molecule has 0 radical (unpaired) electrons. The second-order valence-electron chi connectivity index (χ2n) is 8.84. The molecule has 0 bridgehead atoms. The van der Waals surface area contributed by atoms with Crippen molar-refractivity contribution in [2.24, 2.45) is 5.92 Å². The van der Waals surface area contributed by atoms with E-state index in [1.807, 2.05) is 35.4 Å². The van der Waals surface area contributed by atoms with Crippen LogP contribution in [0.15, 0.2) is 78.9 Å². The Kier molecular flexibility index (Phi) is 4.59.